The number of benzene rings is 2. The predicted molar refractivity (Wildman–Crippen MR) is 107 cm³/mol. The van der Waals surface area contributed by atoms with Crippen LogP contribution in [0.5, 0.6) is 0 Å². The summed E-state index contributed by atoms with van der Waals surface area (Å²) in [5, 5.41) is 12.8. The van der Waals surface area contributed by atoms with Crippen molar-refractivity contribution in [2.24, 2.45) is 0 Å². The number of thiophene rings is 1. The Kier molecular flexibility index (Phi) is 4.48. The van der Waals surface area contributed by atoms with E-state index in [1.807, 2.05) is 54.8 Å². The van der Waals surface area contributed by atoms with Gasteiger partial charge in [0, 0.05) is 28.6 Å². The van der Waals surface area contributed by atoms with Crippen molar-refractivity contribution in [3.8, 4) is 0 Å². The number of nitrogens with zero attached hydrogens (tertiary/aromatic N) is 1. The van der Waals surface area contributed by atoms with Gasteiger partial charge in [-0.05, 0) is 37.0 Å². The second-order valence-electron chi connectivity index (χ2n) is 7.19. The summed E-state index contributed by atoms with van der Waals surface area (Å²) >= 11 is 1.58. The third-order valence-corrected chi connectivity index (χ3v) is 6.55. The summed E-state index contributed by atoms with van der Waals surface area (Å²) in [5.74, 6) is -0.811. The van der Waals surface area contributed by atoms with Gasteiger partial charge < -0.3 is 10.0 Å². The quantitative estimate of drug-likeness (QED) is 0.730. The first-order valence-electron chi connectivity index (χ1n) is 9.07. The molecule has 0 saturated carbocycles. The Hall–Kier alpha value is -2.66. The van der Waals surface area contributed by atoms with E-state index in [0.29, 0.717) is 25.9 Å². The van der Waals surface area contributed by atoms with Crippen LogP contribution in [0.15, 0.2) is 53.9 Å². The Morgan fingerprint density at radius 1 is 1.07 bits per heavy atom. The van der Waals surface area contributed by atoms with Gasteiger partial charge >= 0.3 is 5.97 Å². The fourth-order valence-electron chi connectivity index (χ4n) is 3.95. The Balaban J connectivity index is 1.58. The van der Waals surface area contributed by atoms with Crippen molar-refractivity contribution in [1.29, 1.82) is 0 Å². The molecule has 1 N–H and O–H groups in total. The predicted octanol–water partition coefficient (Wildman–Crippen LogP) is 4.47. The highest BCUT2D eigenvalue weighted by Gasteiger charge is 2.44. The van der Waals surface area contributed by atoms with Crippen molar-refractivity contribution in [2.45, 2.75) is 25.2 Å². The highest BCUT2D eigenvalue weighted by molar-refractivity contribution is 7.17. The van der Waals surface area contributed by atoms with E-state index < -0.39 is 11.4 Å². The minimum atomic E-state index is -0.911. The van der Waals surface area contributed by atoms with Crippen LogP contribution >= 0.6 is 11.3 Å². The topological polar surface area (TPSA) is 57.6 Å². The van der Waals surface area contributed by atoms with Gasteiger partial charge in [0.1, 0.15) is 0 Å². The fourth-order valence-corrected chi connectivity index (χ4v) is 4.98. The molecular weight excluding hydrogens is 358 g/mol. The summed E-state index contributed by atoms with van der Waals surface area (Å²) in [6, 6.07) is 15.5. The molecule has 1 amide bonds. The number of likely N-dealkylation sites (tertiary alicyclic amines) is 1. The first-order valence-corrected chi connectivity index (χ1v) is 9.95. The SMILES string of the molecule is Cc1ccc2c(C(=O)N3CCC(C(=O)O)(c4ccccc4)CC3)csc2c1. The summed E-state index contributed by atoms with van der Waals surface area (Å²) in [7, 11) is 0. The van der Waals surface area contributed by atoms with Crippen LogP contribution in [0.3, 0.4) is 0 Å². The molecule has 0 radical (unpaired) electrons. The van der Waals surface area contributed by atoms with E-state index in [2.05, 4.69) is 6.07 Å². The molecule has 0 unspecified atom stereocenters. The minimum Gasteiger partial charge on any atom is -0.481 e. The van der Waals surface area contributed by atoms with Gasteiger partial charge in [-0.1, -0.05) is 42.5 Å². The first-order chi connectivity index (χ1) is 13.0. The van der Waals surface area contributed by atoms with Crippen molar-refractivity contribution in [1.82, 2.24) is 4.90 Å². The van der Waals surface area contributed by atoms with E-state index in [4.69, 9.17) is 0 Å². The molecule has 4 rings (SSSR count). The molecule has 1 aliphatic heterocycles. The summed E-state index contributed by atoms with van der Waals surface area (Å²) in [6.45, 7) is 2.94. The lowest BCUT2D eigenvalue weighted by molar-refractivity contribution is -0.145. The molecule has 1 aromatic heterocycles. The van der Waals surface area contributed by atoms with Crippen LogP contribution in [-0.4, -0.2) is 35.0 Å². The first kappa shape index (κ1) is 17.7. The zero-order valence-electron chi connectivity index (χ0n) is 15.1. The summed E-state index contributed by atoms with van der Waals surface area (Å²) in [5.41, 5.74) is 1.81. The van der Waals surface area contributed by atoms with Crippen molar-refractivity contribution in [3.05, 3.63) is 70.6 Å². The van der Waals surface area contributed by atoms with E-state index in [9.17, 15) is 14.7 Å². The van der Waals surface area contributed by atoms with Crippen molar-refractivity contribution in [3.63, 3.8) is 0 Å². The van der Waals surface area contributed by atoms with Gasteiger partial charge in [-0.15, -0.1) is 11.3 Å². The van der Waals surface area contributed by atoms with E-state index in [0.717, 1.165) is 21.2 Å². The van der Waals surface area contributed by atoms with Crippen LogP contribution < -0.4 is 0 Å². The van der Waals surface area contributed by atoms with Gasteiger partial charge in [0.2, 0.25) is 0 Å². The molecule has 5 heteroatoms. The van der Waals surface area contributed by atoms with E-state index >= 15 is 0 Å². The van der Waals surface area contributed by atoms with Crippen LogP contribution in [0.1, 0.15) is 34.3 Å². The molecular formula is C22H21NO3S. The van der Waals surface area contributed by atoms with Crippen molar-refractivity contribution < 1.29 is 14.7 Å². The molecule has 0 bridgehead atoms. The minimum absolute atomic E-state index is 0.00264. The number of aryl methyl sites for hydroxylation is 1. The maximum atomic E-state index is 13.1. The number of aliphatic carboxylic acids is 1. The molecule has 138 valence electrons. The van der Waals surface area contributed by atoms with Gasteiger partial charge in [0.25, 0.3) is 5.91 Å². The lowest BCUT2D eigenvalue weighted by Gasteiger charge is -2.39. The molecule has 1 saturated heterocycles. The second-order valence-corrected chi connectivity index (χ2v) is 8.11. The number of piperidine rings is 1. The van der Waals surface area contributed by atoms with E-state index in [1.165, 1.54) is 5.56 Å². The number of amides is 1. The lowest BCUT2D eigenvalue weighted by atomic mass is 9.73. The highest BCUT2D eigenvalue weighted by Crippen LogP contribution is 2.37. The molecule has 0 aliphatic carbocycles. The van der Waals surface area contributed by atoms with E-state index in [-0.39, 0.29) is 5.91 Å². The average molecular weight is 379 g/mol. The van der Waals surface area contributed by atoms with Crippen LogP contribution in [0.2, 0.25) is 0 Å². The summed E-state index contributed by atoms with van der Waals surface area (Å²) < 4.78 is 1.11. The zero-order valence-corrected chi connectivity index (χ0v) is 16.0. The number of carboxylic acids is 1. The van der Waals surface area contributed by atoms with Crippen LogP contribution in [0, 0.1) is 6.92 Å². The number of fused-ring (bicyclic) bond motifs is 1. The van der Waals surface area contributed by atoms with Gasteiger partial charge in [-0.2, -0.15) is 0 Å². The maximum absolute atomic E-state index is 13.1. The summed E-state index contributed by atoms with van der Waals surface area (Å²) in [6.07, 6.45) is 0.860. The van der Waals surface area contributed by atoms with Crippen molar-refractivity contribution >= 4 is 33.3 Å². The number of hydrogen-bond acceptors (Lipinski definition) is 3. The molecule has 4 nitrogen and oxygen atoms in total. The molecule has 0 spiro atoms. The number of carboxylic acid groups (broad SMARTS) is 1. The number of rotatable bonds is 3. The molecule has 27 heavy (non-hydrogen) atoms. The lowest BCUT2D eigenvalue weighted by Crippen LogP contribution is -2.49. The van der Waals surface area contributed by atoms with Gasteiger partial charge in [0.15, 0.2) is 0 Å². The number of carbonyl (C=O) groups excluding carboxylic acids is 1. The molecule has 2 aromatic carbocycles. The third-order valence-electron chi connectivity index (χ3n) is 5.60. The van der Waals surface area contributed by atoms with Gasteiger partial charge in [0.05, 0.1) is 11.0 Å². The number of hydrogen-bond donors (Lipinski definition) is 1. The molecule has 0 atom stereocenters. The van der Waals surface area contributed by atoms with Crippen LogP contribution in [-0.2, 0) is 10.2 Å². The molecule has 1 fully saturated rings. The molecule has 3 aromatic rings. The Bertz CT molecular complexity index is 1000. The Morgan fingerprint density at radius 3 is 2.44 bits per heavy atom. The van der Waals surface area contributed by atoms with Crippen LogP contribution in [0.4, 0.5) is 0 Å². The Labute approximate surface area is 162 Å². The normalized spacial score (nSPS) is 16.4. The molecule has 2 heterocycles. The fraction of sp³-hybridized carbons (Fsp3) is 0.273. The zero-order chi connectivity index (χ0) is 19.0. The Morgan fingerprint density at radius 2 is 1.78 bits per heavy atom. The van der Waals surface area contributed by atoms with Crippen molar-refractivity contribution in [2.75, 3.05) is 13.1 Å². The standard InChI is InChI=1S/C22H21NO3S/c1-15-7-8-17-18(14-27-19(17)13-15)20(24)23-11-9-22(10-12-23,21(25)26)16-5-3-2-4-6-16/h2-8,13-14H,9-12H2,1H3,(H,25,26). The maximum Gasteiger partial charge on any atom is 0.314 e. The summed E-state index contributed by atoms with van der Waals surface area (Å²) in [4.78, 5) is 26.9. The highest BCUT2D eigenvalue weighted by atomic mass is 32.1. The monoisotopic (exact) mass is 379 g/mol. The van der Waals surface area contributed by atoms with E-state index in [1.54, 1.807) is 16.2 Å². The second kappa shape index (κ2) is 6.82. The molecule has 1 aliphatic rings. The third kappa shape index (κ3) is 3.02. The van der Waals surface area contributed by atoms with Crippen LogP contribution in [0.25, 0.3) is 10.1 Å². The van der Waals surface area contributed by atoms with Gasteiger partial charge in [-0.3, -0.25) is 9.59 Å². The number of carbonyl (C=O) groups is 2. The van der Waals surface area contributed by atoms with Gasteiger partial charge in [-0.25, -0.2) is 0 Å². The smallest absolute Gasteiger partial charge is 0.314 e. The largest absolute Gasteiger partial charge is 0.481 e. The average Bonchev–Trinajstić information content (AvgIpc) is 3.11.